The summed E-state index contributed by atoms with van der Waals surface area (Å²) in [6.45, 7) is 0. The Morgan fingerprint density at radius 3 is 2.65 bits per heavy atom. The van der Waals surface area contributed by atoms with Crippen LogP contribution in [0, 0.1) is 5.82 Å². The second-order valence-corrected chi connectivity index (χ2v) is 4.97. The van der Waals surface area contributed by atoms with Crippen LogP contribution < -0.4 is 10.1 Å². The first-order valence-electron chi connectivity index (χ1n) is 6.39. The van der Waals surface area contributed by atoms with E-state index in [1.54, 1.807) is 25.3 Å². The van der Waals surface area contributed by atoms with Crippen LogP contribution in [0.1, 0.15) is 17.2 Å². The average Bonchev–Trinajstić information content (AvgIpc) is 2.45. The van der Waals surface area contributed by atoms with Gasteiger partial charge in [0.2, 0.25) is 0 Å². The first-order valence-corrected chi connectivity index (χ1v) is 6.77. The number of methoxy groups -OCH3 is 1. The molecule has 0 aliphatic heterocycles. The summed E-state index contributed by atoms with van der Waals surface area (Å²) in [6.07, 6.45) is 0.667. The largest absolute Gasteiger partial charge is 0.497 e. The zero-order valence-electron chi connectivity index (χ0n) is 11.5. The molecule has 0 aliphatic rings. The summed E-state index contributed by atoms with van der Waals surface area (Å²) < 4.78 is 18.4. The van der Waals surface area contributed by atoms with Gasteiger partial charge in [-0.05, 0) is 48.9 Å². The Bertz CT molecular complexity index is 588. The first-order chi connectivity index (χ1) is 9.63. The molecule has 0 aliphatic carbocycles. The maximum Gasteiger partial charge on any atom is 0.123 e. The molecule has 2 rings (SSSR count). The Morgan fingerprint density at radius 2 is 2.05 bits per heavy atom. The van der Waals surface area contributed by atoms with Gasteiger partial charge in [-0.15, -0.1) is 0 Å². The van der Waals surface area contributed by atoms with Gasteiger partial charge in [0.15, 0.2) is 0 Å². The summed E-state index contributed by atoms with van der Waals surface area (Å²) in [6, 6.07) is 12.2. The molecule has 0 bridgehead atoms. The van der Waals surface area contributed by atoms with Gasteiger partial charge in [-0.2, -0.15) is 0 Å². The Hall–Kier alpha value is -1.58. The highest BCUT2D eigenvalue weighted by Gasteiger charge is 2.14. The molecule has 0 heterocycles. The van der Waals surface area contributed by atoms with Crippen LogP contribution in [0.15, 0.2) is 42.5 Å². The van der Waals surface area contributed by atoms with Gasteiger partial charge in [0.1, 0.15) is 11.6 Å². The van der Waals surface area contributed by atoms with Crippen LogP contribution in [0.3, 0.4) is 0 Å². The fourth-order valence-electron chi connectivity index (χ4n) is 2.18. The topological polar surface area (TPSA) is 21.3 Å². The van der Waals surface area contributed by atoms with E-state index in [0.717, 1.165) is 16.9 Å². The minimum Gasteiger partial charge on any atom is -0.497 e. The van der Waals surface area contributed by atoms with Crippen LogP contribution in [0.25, 0.3) is 0 Å². The van der Waals surface area contributed by atoms with E-state index in [9.17, 15) is 4.39 Å². The lowest BCUT2D eigenvalue weighted by Crippen LogP contribution is -2.19. The van der Waals surface area contributed by atoms with Crippen LogP contribution in [0.2, 0.25) is 5.02 Å². The van der Waals surface area contributed by atoms with Crippen molar-refractivity contribution in [3.05, 3.63) is 64.4 Å². The molecule has 2 aromatic carbocycles. The molecule has 20 heavy (non-hydrogen) atoms. The highest BCUT2D eigenvalue weighted by molar-refractivity contribution is 6.31. The third-order valence-electron chi connectivity index (χ3n) is 3.26. The van der Waals surface area contributed by atoms with Crippen LogP contribution >= 0.6 is 11.6 Å². The Labute approximate surface area is 123 Å². The number of ether oxygens (including phenoxy) is 1. The molecule has 0 aromatic heterocycles. The lowest BCUT2D eigenvalue weighted by molar-refractivity contribution is 0.414. The number of halogens is 2. The highest BCUT2D eigenvalue weighted by Crippen LogP contribution is 2.29. The van der Waals surface area contributed by atoms with Gasteiger partial charge in [0.05, 0.1) is 7.11 Å². The van der Waals surface area contributed by atoms with Crippen LogP contribution in [0.4, 0.5) is 4.39 Å². The van der Waals surface area contributed by atoms with Crippen LogP contribution in [0.5, 0.6) is 5.75 Å². The quantitative estimate of drug-likeness (QED) is 0.900. The third-order valence-corrected chi connectivity index (χ3v) is 3.59. The smallest absolute Gasteiger partial charge is 0.123 e. The van der Waals surface area contributed by atoms with E-state index in [1.807, 2.05) is 25.2 Å². The molecule has 0 spiro atoms. The van der Waals surface area contributed by atoms with Crippen molar-refractivity contribution in [2.75, 3.05) is 14.2 Å². The van der Waals surface area contributed by atoms with Crippen molar-refractivity contribution in [1.29, 1.82) is 0 Å². The number of hydrogen-bond acceptors (Lipinski definition) is 2. The van der Waals surface area contributed by atoms with Gasteiger partial charge in [-0.1, -0.05) is 29.8 Å². The van der Waals surface area contributed by atoms with E-state index < -0.39 is 0 Å². The maximum absolute atomic E-state index is 13.2. The minimum absolute atomic E-state index is 0.0233. The molecule has 1 atom stereocenters. The zero-order valence-corrected chi connectivity index (χ0v) is 12.2. The summed E-state index contributed by atoms with van der Waals surface area (Å²) in [5.41, 5.74) is 1.90. The van der Waals surface area contributed by atoms with Gasteiger partial charge in [0, 0.05) is 11.1 Å². The fraction of sp³-hybridized carbons (Fsp3) is 0.250. The van der Waals surface area contributed by atoms with Gasteiger partial charge >= 0.3 is 0 Å². The molecule has 2 aromatic rings. The van der Waals surface area contributed by atoms with Crippen molar-refractivity contribution < 1.29 is 9.13 Å². The second kappa shape index (κ2) is 6.73. The lowest BCUT2D eigenvalue weighted by Gasteiger charge is -2.18. The molecular formula is C16H17ClFNO. The summed E-state index contributed by atoms with van der Waals surface area (Å²) in [5.74, 6) is 0.498. The normalized spacial score (nSPS) is 12.2. The molecule has 0 saturated carbocycles. The molecule has 1 unspecified atom stereocenters. The van der Waals surface area contributed by atoms with Crippen molar-refractivity contribution in [3.8, 4) is 5.75 Å². The number of nitrogens with one attached hydrogen (secondary N) is 1. The molecule has 2 nitrogen and oxygen atoms in total. The SMILES string of the molecule is CNC(Cc1cccc(F)c1)c1ccc(OC)cc1Cl. The number of benzene rings is 2. The molecule has 106 valence electrons. The predicted octanol–water partition coefficient (Wildman–Crippen LogP) is 3.99. The minimum atomic E-state index is -0.224. The zero-order chi connectivity index (χ0) is 14.5. The van der Waals surface area contributed by atoms with Crippen molar-refractivity contribution in [1.82, 2.24) is 5.32 Å². The van der Waals surface area contributed by atoms with Crippen molar-refractivity contribution in [2.45, 2.75) is 12.5 Å². The maximum atomic E-state index is 13.2. The van der Waals surface area contributed by atoms with E-state index >= 15 is 0 Å². The molecule has 1 N–H and O–H groups in total. The van der Waals surface area contributed by atoms with Crippen molar-refractivity contribution in [2.24, 2.45) is 0 Å². The molecule has 4 heteroatoms. The fourth-order valence-corrected chi connectivity index (χ4v) is 2.49. The van der Waals surface area contributed by atoms with E-state index in [1.165, 1.54) is 6.07 Å². The third kappa shape index (κ3) is 3.50. The number of likely N-dealkylation sites (N-methyl/N-ethyl adjacent to an activating group) is 1. The highest BCUT2D eigenvalue weighted by atomic mass is 35.5. The van der Waals surface area contributed by atoms with Gasteiger partial charge < -0.3 is 10.1 Å². The standard InChI is InChI=1S/C16H17ClFNO/c1-19-16(9-11-4-3-5-12(18)8-11)14-7-6-13(20-2)10-15(14)17/h3-8,10,16,19H,9H2,1-2H3. The van der Waals surface area contributed by atoms with Crippen LogP contribution in [-0.4, -0.2) is 14.2 Å². The number of rotatable bonds is 5. The first kappa shape index (κ1) is 14.8. The van der Waals surface area contributed by atoms with Crippen LogP contribution in [-0.2, 0) is 6.42 Å². The van der Waals surface area contributed by atoms with E-state index in [4.69, 9.17) is 16.3 Å². The molecule has 0 fully saturated rings. The van der Waals surface area contributed by atoms with Gasteiger partial charge in [-0.25, -0.2) is 4.39 Å². The second-order valence-electron chi connectivity index (χ2n) is 4.56. The van der Waals surface area contributed by atoms with E-state index in [2.05, 4.69) is 5.32 Å². The van der Waals surface area contributed by atoms with Gasteiger partial charge in [-0.3, -0.25) is 0 Å². The Morgan fingerprint density at radius 1 is 1.25 bits per heavy atom. The monoisotopic (exact) mass is 293 g/mol. The van der Waals surface area contributed by atoms with E-state index in [0.29, 0.717) is 11.4 Å². The lowest BCUT2D eigenvalue weighted by atomic mass is 9.98. The Kier molecular flexibility index (Phi) is 4.99. The Balaban J connectivity index is 2.24. The molecular weight excluding hydrogens is 277 g/mol. The molecule has 0 saturated heterocycles. The molecule has 0 amide bonds. The van der Waals surface area contributed by atoms with E-state index in [-0.39, 0.29) is 11.9 Å². The molecule has 0 radical (unpaired) electrons. The average molecular weight is 294 g/mol. The van der Waals surface area contributed by atoms with Crippen molar-refractivity contribution in [3.63, 3.8) is 0 Å². The number of hydrogen-bond donors (Lipinski definition) is 1. The summed E-state index contributed by atoms with van der Waals surface area (Å²) in [5, 5.41) is 3.86. The van der Waals surface area contributed by atoms with Crippen molar-refractivity contribution >= 4 is 11.6 Å². The summed E-state index contributed by atoms with van der Waals surface area (Å²) >= 11 is 6.29. The summed E-state index contributed by atoms with van der Waals surface area (Å²) in [4.78, 5) is 0. The van der Waals surface area contributed by atoms with Gasteiger partial charge in [0.25, 0.3) is 0 Å². The summed E-state index contributed by atoms with van der Waals surface area (Å²) in [7, 11) is 3.47. The predicted molar refractivity (Wildman–Crippen MR) is 79.9 cm³/mol.